The Hall–Kier alpha value is -2.98. The molecule has 0 saturated heterocycles. The summed E-state index contributed by atoms with van der Waals surface area (Å²) in [6.45, 7) is 6.02. The molecule has 2 heterocycles. The second-order valence-electron chi connectivity index (χ2n) is 7.73. The Labute approximate surface area is 172 Å². The van der Waals surface area contributed by atoms with Crippen molar-refractivity contribution >= 4 is 11.9 Å². The van der Waals surface area contributed by atoms with Crippen molar-refractivity contribution in [1.29, 1.82) is 0 Å². The summed E-state index contributed by atoms with van der Waals surface area (Å²) >= 11 is 0. The molecule has 1 saturated carbocycles. The highest BCUT2D eigenvalue weighted by Gasteiger charge is 2.34. The number of hydrogen-bond acceptors (Lipinski definition) is 3. The highest BCUT2D eigenvalue weighted by molar-refractivity contribution is 5.66. The third-order valence-electron chi connectivity index (χ3n) is 5.75. The van der Waals surface area contributed by atoms with E-state index < -0.39 is 0 Å². The fraction of sp³-hybridized carbons (Fsp3) is 0.280. The van der Waals surface area contributed by atoms with Crippen molar-refractivity contribution in [2.75, 3.05) is 0 Å². The average molecular weight is 385 g/mol. The van der Waals surface area contributed by atoms with E-state index in [2.05, 4.69) is 73.3 Å². The van der Waals surface area contributed by atoms with Gasteiger partial charge in [-0.1, -0.05) is 62.1 Å². The van der Waals surface area contributed by atoms with Gasteiger partial charge < -0.3 is 5.73 Å². The van der Waals surface area contributed by atoms with Gasteiger partial charge in [-0.2, -0.15) is 0 Å². The number of benzene rings is 1. The Bertz CT molecular complexity index is 1070. The molecule has 0 atom stereocenters. The molecule has 0 unspecified atom stereocenters. The van der Waals surface area contributed by atoms with Gasteiger partial charge in [0.25, 0.3) is 0 Å². The van der Waals surface area contributed by atoms with E-state index in [4.69, 9.17) is 10.7 Å². The van der Waals surface area contributed by atoms with Crippen molar-refractivity contribution in [3.63, 3.8) is 0 Å². The lowest BCUT2D eigenvalue weighted by molar-refractivity contribution is 0.253. The minimum atomic E-state index is -0.144. The van der Waals surface area contributed by atoms with Crippen LogP contribution in [0.3, 0.4) is 0 Å². The maximum absolute atomic E-state index is 6.49. The van der Waals surface area contributed by atoms with Crippen LogP contribution in [-0.4, -0.2) is 14.4 Å². The molecule has 0 spiro atoms. The second kappa shape index (κ2) is 8.18. The summed E-state index contributed by atoms with van der Waals surface area (Å²) < 4.78 is 2.00. The van der Waals surface area contributed by atoms with Crippen LogP contribution < -0.4 is 5.73 Å². The SMILES string of the molecule is C=Cc1cnc2nc(-c3ccc(C4(N)CCC4)cc3)c(C/C=C\C=C/CC)cn12. The normalized spacial score (nSPS) is 15.9. The van der Waals surface area contributed by atoms with Crippen molar-refractivity contribution in [2.24, 2.45) is 5.73 Å². The van der Waals surface area contributed by atoms with E-state index in [1.54, 1.807) is 12.3 Å². The summed E-state index contributed by atoms with van der Waals surface area (Å²) in [5.74, 6) is 0.687. The van der Waals surface area contributed by atoms with Crippen LogP contribution in [0, 0.1) is 0 Å². The van der Waals surface area contributed by atoms with E-state index in [1.807, 2.05) is 4.40 Å². The van der Waals surface area contributed by atoms with Gasteiger partial charge in [0.05, 0.1) is 17.6 Å². The average Bonchev–Trinajstić information content (AvgIpc) is 3.13. The molecule has 0 amide bonds. The predicted molar refractivity (Wildman–Crippen MR) is 121 cm³/mol. The van der Waals surface area contributed by atoms with Gasteiger partial charge in [0.15, 0.2) is 0 Å². The van der Waals surface area contributed by atoms with Crippen LogP contribution >= 0.6 is 0 Å². The van der Waals surface area contributed by atoms with Gasteiger partial charge in [0.1, 0.15) is 0 Å². The van der Waals surface area contributed by atoms with Crippen LogP contribution in [0.1, 0.15) is 49.4 Å². The van der Waals surface area contributed by atoms with Crippen molar-refractivity contribution in [2.45, 2.75) is 44.6 Å². The van der Waals surface area contributed by atoms with Gasteiger partial charge in [-0.25, -0.2) is 9.97 Å². The maximum Gasteiger partial charge on any atom is 0.234 e. The lowest BCUT2D eigenvalue weighted by atomic mass is 9.72. The topological polar surface area (TPSA) is 56.2 Å². The van der Waals surface area contributed by atoms with Crippen LogP contribution in [0.5, 0.6) is 0 Å². The second-order valence-corrected chi connectivity index (χ2v) is 7.73. The van der Waals surface area contributed by atoms with E-state index in [-0.39, 0.29) is 5.54 Å². The predicted octanol–water partition coefficient (Wildman–Crippen LogP) is 5.44. The molecule has 1 aliphatic carbocycles. The van der Waals surface area contributed by atoms with Gasteiger partial charge in [0, 0.05) is 17.3 Å². The number of rotatable bonds is 7. The lowest BCUT2D eigenvalue weighted by Crippen LogP contribution is -2.43. The first-order valence-corrected chi connectivity index (χ1v) is 10.4. The molecule has 4 nitrogen and oxygen atoms in total. The lowest BCUT2D eigenvalue weighted by Gasteiger charge is -2.38. The highest BCUT2D eigenvalue weighted by Crippen LogP contribution is 2.39. The zero-order valence-electron chi connectivity index (χ0n) is 17.0. The fourth-order valence-corrected chi connectivity index (χ4v) is 3.81. The first-order valence-electron chi connectivity index (χ1n) is 10.4. The Morgan fingerprint density at radius 1 is 1.17 bits per heavy atom. The van der Waals surface area contributed by atoms with Gasteiger partial charge in [-0.05, 0) is 49.3 Å². The summed E-state index contributed by atoms with van der Waals surface area (Å²) in [5, 5.41) is 0. The molecule has 2 aromatic heterocycles. The smallest absolute Gasteiger partial charge is 0.234 e. The highest BCUT2D eigenvalue weighted by atomic mass is 15.1. The molecular formula is C25H28N4. The molecule has 29 heavy (non-hydrogen) atoms. The van der Waals surface area contributed by atoms with Gasteiger partial charge in [-0.15, -0.1) is 0 Å². The van der Waals surface area contributed by atoms with Crippen LogP contribution in [-0.2, 0) is 12.0 Å². The molecule has 0 bridgehead atoms. The van der Waals surface area contributed by atoms with E-state index in [1.165, 1.54) is 12.0 Å². The molecule has 1 aromatic carbocycles. The minimum Gasteiger partial charge on any atom is -0.321 e. The van der Waals surface area contributed by atoms with Crippen LogP contribution in [0.15, 0.2) is 67.5 Å². The molecule has 4 rings (SSSR count). The molecule has 3 aromatic rings. The molecule has 2 N–H and O–H groups in total. The van der Waals surface area contributed by atoms with Crippen LogP contribution in [0.4, 0.5) is 0 Å². The van der Waals surface area contributed by atoms with E-state index in [9.17, 15) is 0 Å². The summed E-state index contributed by atoms with van der Waals surface area (Å²) in [4.78, 5) is 9.32. The maximum atomic E-state index is 6.49. The molecule has 1 fully saturated rings. The van der Waals surface area contributed by atoms with Crippen LogP contribution in [0.2, 0.25) is 0 Å². The minimum absolute atomic E-state index is 0.144. The first-order chi connectivity index (χ1) is 14.1. The van der Waals surface area contributed by atoms with Crippen molar-refractivity contribution < 1.29 is 0 Å². The van der Waals surface area contributed by atoms with E-state index in [0.29, 0.717) is 5.78 Å². The number of aromatic nitrogens is 3. The number of fused-ring (bicyclic) bond motifs is 1. The number of hydrogen-bond donors (Lipinski definition) is 1. The summed E-state index contributed by atoms with van der Waals surface area (Å²) in [7, 11) is 0. The van der Waals surface area contributed by atoms with Crippen molar-refractivity contribution in [1.82, 2.24) is 14.4 Å². The molecule has 0 aliphatic heterocycles. The zero-order chi connectivity index (χ0) is 20.3. The Balaban J connectivity index is 1.72. The van der Waals surface area contributed by atoms with Crippen LogP contribution in [0.25, 0.3) is 23.1 Å². The molecule has 1 aliphatic rings. The monoisotopic (exact) mass is 384 g/mol. The largest absolute Gasteiger partial charge is 0.321 e. The van der Waals surface area contributed by atoms with Gasteiger partial charge in [-0.3, -0.25) is 4.40 Å². The summed E-state index contributed by atoms with van der Waals surface area (Å²) in [6, 6.07) is 8.60. The molecule has 0 radical (unpaired) electrons. The molecule has 4 heteroatoms. The number of allylic oxidation sites excluding steroid dienone is 4. The Morgan fingerprint density at radius 2 is 1.93 bits per heavy atom. The Kier molecular flexibility index (Phi) is 5.45. The fourth-order valence-electron chi connectivity index (χ4n) is 3.81. The van der Waals surface area contributed by atoms with Gasteiger partial charge >= 0.3 is 0 Å². The Morgan fingerprint density at radius 3 is 2.59 bits per heavy atom. The zero-order valence-corrected chi connectivity index (χ0v) is 17.0. The van der Waals surface area contributed by atoms with E-state index >= 15 is 0 Å². The number of nitrogens with two attached hydrogens (primary N) is 1. The number of imidazole rings is 1. The van der Waals surface area contributed by atoms with E-state index in [0.717, 1.165) is 48.2 Å². The number of nitrogens with zero attached hydrogens (tertiary/aromatic N) is 3. The third kappa shape index (κ3) is 3.81. The van der Waals surface area contributed by atoms with Crippen molar-refractivity contribution in [3.8, 4) is 11.3 Å². The summed E-state index contributed by atoms with van der Waals surface area (Å²) in [5.41, 5.74) is 11.7. The van der Waals surface area contributed by atoms with Gasteiger partial charge in [0.2, 0.25) is 5.78 Å². The third-order valence-corrected chi connectivity index (χ3v) is 5.75. The first kappa shape index (κ1) is 19.3. The quantitative estimate of drug-likeness (QED) is 0.552. The molecule has 148 valence electrons. The molecular weight excluding hydrogens is 356 g/mol. The standard InChI is InChI=1S/C25H28N4/c1-3-5-6-7-8-10-20-18-29-22(4-2)17-27-24(29)28-23(20)19-11-13-21(14-12-19)25(26)15-9-16-25/h4-8,11-14,17-18H,2-3,9-10,15-16,26H2,1H3/b6-5-,8-7-. The van der Waals surface area contributed by atoms with Crippen molar-refractivity contribution in [3.05, 3.63) is 84.4 Å². The summed E-state index contributed by atoms with van der Waals surface area (Å²) in [6.07, 6.45) is 19.4.